The molecule has 0 saturated heterocycles. The normalized spacial score (nSPS) is 24.5. The smallest absolute Gasteiger partial charge is 0.303 e. The van der Waals surface area contributed by atoms with Crippen LogP contribution < -0.4 is 0 Å². The first kappa shape index (κ1) is 11.5. The van der Waals surface area contributed by atoms with Crippen LogP contribution >= 0.6 is 0 Å². The first-order valence-electron chi connectivity index (χ1n) is 5.62. The van der Waals surface area contributed by atoms with E-state index in [4.69, 9.17) is 5.11 Å². The molecule has 0 amide bonds. The molecule has 1 saturated carbocycles. The lowest BCUT2D eigenvalue weighted by Crippen LogP contribution is -2.26. The third kappa shape index (κ3) is 3.32. The van der Waals surface area contributed by atoms with Crippen LogP contribution in [0.3, 0.4) is 0 Å². The van der Waals surface area contributed by atoms with Gasteiger partial charge in [0.2, 0.25) is 0 Å². The SMILES string of the molecule is CC(CC(=O)O)C1CCC(C)(C)CC1. The molecule has 0 aromatic heterocycles. The van der Waals surface area contributed by atoms with Gasteiger partial charge in [-0.3, -0.25) is 4.79 Å². The molecule has 2 heteroatoms. The highest BCUT2D eigenvalue weighted by atomic mass is 16.4. The maximum atomic E-state index is 10.6. The fourth-order valence-corrected chi connectivity index (χ4v) is 2.43. The van der Waals surface area contributed by atoms with Crippen molar-refractivity contribution >= 4 is 5.97 Å². The molecule has 1 aliphatic rings. The van der Waals surface area contributed by atoms with Gasteiger partial charge in [0.05, 0.1) is 0 Å². The average molecular weight is 198 g/mol. The van der Waals surface area contributed by atoms with Crippen LogP contribution in [-0.4, -0.2) is 11.1 Å². The van der Waals surface area contributed by atoms with Crippen molar-refractivity contribution in [2.75, 3.05) is 0 Å². The summed E-state index contributed by atoms with van der Waals surface area (Å²) in [5, 5.41) is 8.72. The van der Waals surface area contributed by atoms with Gasteiger partial charge < -0.3 is 5.11 Å². The Bertz CT molecular complexity index is 198. The van der Waals surface area contributed by atoms with E-state index in [1.54, 1.807) is 0 Å². The minimum Gasteiger partial charge on any atom is -0.481 e. The number of carboxylic acid groups (broad SMARTS) is 1. The highest BCUT2D eigenvalue weighted by molar-refractivity contribution is 5.66. The molecule has 0 bridgehead atoms. The van der Waals surface area contributed by atoms with Crippen molar-refractivity contribution in [3.05, 3.63) is 0 Å². The van der Waals surface area contributed by atoms with Crippen LogP contribution in [0.4, 0.5) is 0 Å². The van der Waals surface area contributed by atoms with Crippen LogP contribution in [0.5, 0.6) is 0 Å². The number of hydrogen-bond donors (Lipinski definition) is 1. The van der Waals surface area contributed by atoms with Crippen molar-refractivity contribution in [3.8, 4) is 0 Å². The van der Waals surface area contributed by atoms with E-state index in [0.717, 1.165) is 0 Å². The van der Waals surface area contributed by atoms with Gasteiger partial charge in [-0.05, 0) is 42.9 Å². The van der Waals surface area contributed by atoms with Crippen LogP contribution in [0.25, 0.3) is 0 Å². The van der Waals surface area contributed by atoms with Crippen molar-refractivity contribution in [3.63, 3.8) is 0 Å². The molecule has 82 valence electrons. The fourth-order valence-electron chi connectivity index (χ4n) is 2.43. The van der Waals surface area contributed by atoms with Gasteiger partial charge >= 0.3 is 5.97 Å². The molecule has 1 N–H and O–H groups in total. The topological polar surface area (TPSA) is 37.3 Å². The molecule has 0 aliphatic heterocycles. The summed E-state index contributed by atoms with van der Waals surface area (Å²) in [5.74, 6) is 0.338. The summed E-state index contributed by atoms with van der Waals surface area (Å²) in [4.78, 5) is 10.6. The lowest BCUT2D eigenvalue weighted by Gasteiger charge is -2.36. The molecular weight excluding hydrogens is 176 g/mol. The van der Waals surface area contributed by atoms with Crippen LogP contribution in [0.2, 0.25) is 0 Å². The molecule has 1 fully saturated rings. The zero-order valence-corrected chi connectivity index (χ0v) is 9.55. The summed E-state index contributed by atoms with van der Waals surface area (Å²) in [5.41, 5.74) is 0.486. The van der Waals surface area contributed by atoms with Crippen LogP contribution in [0.15, 0.2) is 0 Å². The number of rotatable bonds is 3. The number of carboxylic acids is 1. The Kier molecular flexibility index (Phi) is 3.57. The molecule has 1 aliphatic carbocycles. The second-order valence-corrected chi connectivity index (χ2v) is 5.58. The van der Waals surface area contributed by atoms with Crippen LogP contribution in [0.1, 0.15) is 52.9 Å². The van der Waals surface area contributed by atoms with E-state index >= 15 is 0 Å². The zero-order valence-electron chi connectivity index (χ0n) is 9.55. The molecule has 0 spiro atoms. The Morgan fingerprint density at radius 1 is 1.43 bits per heavy atom. The second-order valence-electron chi connectivity index (χ2n) is 5.58. The highest BCUT2D eigenvalue weighted by Crippen LogP contribution is 2.41. The maximum absolute atomic E-state index is 10.6. The van der Waals surface area contributed by atoms with Gasteiger partial charge in [-0.15, -0.1) is 0 Å². The first-order chi connectivity index (χ1) is 6.41. The Labute approximate surface area is 86.7 Å². The van der Waals surface area contributed by atoms with Crippen molar-refractivity contribution < 1.29 is 9.90 Å². The maximum Gasteiger partial charge on any atom is 0.303 e. The summed E-state index contributed by atoms with van der Waals surface area (Å²) < 4.78 is 0. The number of hydrogen-bond acceptors (Lipinski definition) is 1. The Morgan fingerprint density at radius 2 is 1.93 bits per heavy atom. The van der Waals surface area contributed by atoms with Crippen molar-refractivity contribution in [2.24, 2.45) is 17.3 Å². The minimum absolute atomic E-state index is 0.338. The standard InChI is InChI=1S/C12H22O2/c1-9(8-11(13)14)10-4-6-12(2,3)7-5-10/h9-10H,4-8H2,1-3H3,(H,13,14). The molecule has 2 nitrogen and oxygen atoms in total. The summed E-state index contributed by atoms with van der Waals surface area (Å²) in [6, 6.07) is 0. The quantitative estimate of drug-likeness (QED) is 0.755. The average Bonchev–Trinajstić information content (AvgIpc) is 2.02. The van der Waals surface area contributed by atoms with Gasteiger partial charge in [0, 0.05) is 6.42 Å². The number of carbonyl (C=O) groups is 1. The predicted octanol–water partition coefficient (Wildman–Crippen LogP) is 3.31. The summed E-state index contributed by atoms with van der Waals surface area (Å²) in [6.07, 6.45) is 5.26. The molecule has 1 atom stereocenters. The molecule has 0 aromatic carbocycles. The number of aliphatic carboxylic acids is 1. The third-order valence-corrected chi connectivity index (χ3v) is 3.69. The molecule has 1 unspecified atom stereocenters. The monoisotopic (exact) mass is 198 g/mol. The molecule has 0 heterocycles. The molecule has 0 radical (unpaired) electrons. The zero-order chi connectivity index (χ0) is 10.8. The highest BCUT2D eigenvalue weighted by Gasteiger charge is 2.30. The van der Waals surface area contributed by atoms with E-state index in [2.05, 4.69) is 20.8 Å². The van der Waals surface area contributed by atoms with Crippen molar-refractivity contribution in [2.45, 2.75) is 52.9 Å². The van der Waals surface area contributed by atoms with Gasteiger partial charge in [0.15, 0.2) is 0 Å². The van der Waals surface area contributed by atoms with Gasteiger partial charge in [0.1, 0.15) is 0 Å². The molecular formula is C12H22O2. The largest absolute Gasteiger partial charge is 0.481 e. The minimum atomic E-state index is -0.651. The Balaban J connectivity index is 2.37. The third-order valence-electron chi connectivity index (χ3n) is 3.69. The van der Waals surface area contributed by atoms with E-state index < -0.39 is 5.97 Å². The van der Waals surface area contributed by atoms with Crippen LogP contribution in [0, 0.1) is 17.3 Å². The molecule has 1 rings (SSSR count). The van der Waals surface area contributed by atoms with Crippen LogP contribution in [-0.2, 0) is 4.79 Å². The van der Waals surface area contributed by atoms with Crippen molar-refractivity contribution in [1.29, 1.82) is 0 Å². The van der Waals surface area contributed by atoms with Crippen molar-refractivity contribution in [1.82, 2.24) is 0 Å². The summed E-state index contributed by atoms with van der Waals surface area (Å²) in [7, 11) is 0. The van der Waals surface area contributed by atoms with Gasteiger partial charge in [0.25, 0.3) is 0 Å². The van der Waals surface area contributed by atoms with E-state index in [1.165, 1.54) is 25.7 Å². The summed E-state index contributed by atoms with van der Waals surface area (Å²) in [6.45, 7) is 6.70. The van der Waals surface area contributed by atoms with E-state index in [9.17, 15) is 4.79 Å². The predicted molar refractivity (Wildman–Crippen MR) is 57.2 cm³/mol. The molecule has 14 heavy (non-hydrogen) atoms. The second kappa shape index (κ2) is 4.33. The van der Waals surface area contributed by atoms with Gasteiger partial charge in [-0.25, -0.2) is 0 Å². The first-order valence-corrected chi connectivity index (χ1v) is 5.62. The van der Waals surface area contributed by atoms with Gasteiger partial charge in [-0.1, -0.05) is 20.8 Å². The van der Waals surface area contributed by atoms with E-state index in [-0.39, 0.29) is 0 Å². The lowest BCUT2D eigenvalue weighted by atomic mass is 9.69. The van der Waals surface area contributed by atoms with Gasteiger partial charge in [-0.2, -0.15) is 0 Å². The molecule has 0 aromatic rings. The van der Waals surface area contributed by atoms with E-state index in [0.29, 0.717) is 23.7 Å². The summed E-state index contributed by atoms with van der Waals surface area (Å²) >= 11 is 0. The fraction of sp³-hybridized carbons (Fsp3) is 0.917. The Morgan fingerprint density at radius 3 is 2.36 bits per heavy atom. The lowest BCUT2D eigenvalue weighted by molar-refractivity contribution is -0.138. The Hall–Kier alpha value is -0.530. The van der Waals surface area contributed by atoms with E-state index in [1.807, 2.05) is 0 Å².